The number of benzene rings is 1. The van der Waals surface area contributed by atoms with Crippen LogP contribution >= 0.6 is 0 Å². The molecule has 144 valence electrons. The Bertz CT molecular complexity index is 833. The fourth-order valence-corrected chi connectivity index (χ4v) is 3.39. The van der Waals surface area contributed by atoms with Gasteiger partial charge in [0.25, 0.3) is 0 Å². The van der Waals surface area contributed by atoms with Gasteiger partial charge in [-0.1, -0.05) is 12.1 Å². The lowest BCUT2D eigenvalue weighted by atomic mass is 10.00. The number of nitrogens with one attached hydrogen (secondary N) is 1. The lowest BCUT2D eigenvalue weighted by Crippen LogP contribution is -2.53. The van der Waals surface area contributed by atoms with E-state index in [0.717, 1.165) is 18.7 Å². The number of amides is 1. The minimum absolute atomic E-state index is 0.117. The summed E-state index contributed by atoms with van der Waals surface area (Å²) in [7, 11) is 1.60. The first-order valence-electron chi connectivity index (χ1n) is 9.20. The van der Waals surface area contributed by atoms with Crippen LogP contribution in [0.15, 0.2) is 24.3 Å². The van der Waals surface area contributed by atoms with Crippen molar-refractivity contribution in [2.45, 2.75) is 37.8 Å². The van der Waals surface area contributed by atoms with E-state index in [2.05, 4.69) is 15.5 Å². The van der Waals surface area contributed by atoms with Gasteiger partial charge in [0.1, 0.15) is 24.6 Å². The summed E-state index contributed by atoms with van der Waals surface area (Å²) < 4.78 is 18.6. The van der Waals surface area contributed by atoms with Crippen molar-refractivity contribution in [2.24, 2.45) is 0 Å². The molecule has 1 aromatic heterocycles. The number of hydrogen-bond acceptors (Lipinski definition) is 6. The van der Waals surface area contributed by atoms with Crippen LogP contribution in [-0.4, -0.2) is 47.5 Å². The highest BCUT2D eigenvalue weighted by Gasteiger charge is 2.45. The molecule has 27 heavy (non-hydrogen) atoms. The van der Waals surface area contributed by atoms with Crippen LogP contribution in [-0.2, 0) is 21.7 Å². The van der Waals surface area contributed by atoms with Crippen molar-refractivity contribution < 1.29 is 19.0 Å². The Morgan fingerprint density at radius 3 is 2.85 bits per heavy atom. The second-order valence-electron chi connectivity index (χ2n) is 7.11. The zero-order chi connectivity index (χ0) is 18.9. The van der Waals surface area contributed by atoms with E-state index < -0.39 is 5.54 Å². The Hall–Kier alpha value is -2.61. The maximum absolute atomic E-state index is 13.0. The molecular formula is C19H24N4O4. The number of aromatic nitrogens is 3. The van der Waals surface area contributed by atoms with E-state index in [1.165, 1.54) is 0 Å². The summed E-state index contributed by atoms with van der Waals surface area (Å²) >= 11 is 0. The maximum atomic E-state index is 13.0. The standard InChI is InChI=1S/C19H24N4O4/c1-19(12-26-11-16-21-22-17(23(16)19)13-7-8-13)18(24)20-9-10-27-15-6-4-3-5-14(15)25-2/h3-6,13H,7-12H2,1-2H3,(H,20,24). The molecule has 8 heteroatoms. The third-order valence-electron chi connectivity index (χ3n) is 5.01. The quantitative estimate of drug-likeness (QED) is 0.743. The smallest absolute Gasteiger partial charge is 0.248 e. The summed E-state index contributed by atoms with van der Waals surface area (Å²) in [6.07, 6.45) is 2.20. The van der Waals surface area contributed by atoms with Crippen molar-refractivity contribution in [3.63, 3.8) is 0 Å². The first-order valence-corrected chi connectivity index (χ1v) is 9.20. The maximum Gasteiger partial charge on any atom is 0.248 e. The molecule has 1 fully saturated rings. The van der Waals surface area contributed by atoms with E-state index >= 15 is 0 Å². The number of carbonyl (C=O) groups is 1. The predicted molar refractivity (Wildman–Crippen MR) is 96.8 cm³/mol. The van der Waals surface area contributed by atoms with Gasteiger partial charge >= 0.3 is 0 Å². The minimum Gasteiger partial charge on any atom is -0.493 e. The molecule has 0 radical (unpaired) electrons. The van der Waals surface area contributed by atoms with Gasteiger partial charge in [0.2, 0.25) is 5.91 Å². The zero-order valence-electron chi connectivity index (χ0n) is 15.6. The summed E-state index contributed by atoms with van der Waals surface area (Å²) in [5, 5.41) is 11.5. The van der Waals surface area contributed by atoms with Gasteiger partial charge in [0, 0.05) is 5.92 Å². The number of hydrogen-bond donors (Lipinski definition) is 1. The van der Waals surface area contributed by atoms with Gasteiger partial charge in [-0.15, -0.1) is 10.2 Å². The largest absolute Gasteiger partial charge is 0.493 e. The average molecular weight is 372 g/mol. The second-order valence-corrected chi connectivity index (χ2v) is 7.11. The van der Waals surface area contributed by atoms with Gasteiger partial charge in [-0.3, -0.25) is 9.36 Å². The van der Waals surface area contributed by atoms with Crippen LogP contribution in [0.3, 0.4) is 0 Å². The topological polar surface area (TPSA) is 87.5 Å². The molecule has 8 nitrogen and oxygen atoms in total. The molecule has 1 aliphatic heterocycles. The van der Waals surface area contributed by atoms with Crippen molar-refractivity contribution >= 4 is 5.91 Å². The molecule has 1 unspecified atom stereocenters. The molecule has 2 aromatic rings. The Kier molecular flexibility index (Phi) is 4.73. The number of ether oxygens (including phenoxy) is 3. The molecule has 1 saturated carbocycles. The summed E-state index contributed by atoms with van der Waals surface area (Å²) in [4.78, 5) is 13.0. The van der Waals surface area contributed by atoms with Gasteiger partial charge in [0.05, 0.1) is 20.3 Å². The van der Waals surface area contributed by atoms with Crippen molar-refractivity contribution in [3.05, 3.63) is 35.9 Å². The highest BCUT2D eigenvalue weighted by atomic mass is 16.5. The van der Waals surface area contributed by atoms with Crippen LogP contribution in [0.2, 0.25) is 0 Å². The molecule has 1 N–H and O–H groups in total. The van der Waals surface area contributed by atoms with Crippen molar-refractivity contribution in [2.75, 3.05) is 26.9 Å². The third-order valence-corrected chi connectivity index (χ3v) is 5.01. The Balaban J connectivity index is 1.40. The first kappa shape index (κ1) is 17.8. The molecule has 0 spiro atoms. The number of carbonyl (C=O) groups excluding carboxylic acids is 1. The van der Waals surface area contributed by atoms with Gasteiger partial charge in [-0.2, -0.15) is 0 Å². The van der Waals surface area contributed by atoms with Crippen molar-refractivity contribution in [1.82, 2.24) is 20.1 Å². The van der Waals surface area contributed by atoms with E-state index in [4.69, 9.17) is 14.2 Å². The molecule has 0 saturated heterocycles. The molecule has 2 aliphatic rings. The van der Waals surface area contributed by atoms with Crippen LogP contribution in [0.5, 0.6) is 11.5 Å². The summed E-state index contributed by atoms with van der Waals surface area (Å²) in [5.74, 6) is 3.22. The fraction of sp³-hybridized carbons (Fsp3) is 0.526. The normalized spacial score (nSPS) is 21.4. The predicted octanol–water partition coefficient (Wildman–Crippen LogP) is 1.60. The number of methoxy groups -OCH3 is 1. The third kappa shape index (κ3) is 3.37. The molecule has 1 amide bonds. The van der Waals surface area contributed by atoms with Gasteiger partial charge in [-0.25, -0.2) is 0 Å². The second kappa shape index (κ2) is 7.19. The molecule has 2 heterocycles. The van der Waals surface area contributed by atoms with Crippen molar-refractivity contribution in [1.29, 1.82) is 0 Å². The summed E-state index contributed by atoms with van der Waals surface area (Å²) in [6.45, 7) is 3.29. The molecular weight excluding hydrogens is 348 g/mol. The van der Waals surface area contributed by atoms with E-state index in [0.29, 0.717) is 49.6 Å². The first-order chi connectivity index (χ1) is 13.1. The number of nitrogens with zero attached hydrogens (tertiary/aromatic N) is 3. The zero-order valence-corrected chi connectivity index (χ0v) is 15.6. The molecule has 1 aromatic carbocycles. The van der Waals surface area contributed by atoms with E-state index in [1.807, 2.05) is 35.8 Å². The summed E-state index contributed by atoms with van der Waals surface area (Å²) in [6, 6.07) is 7.43. The van der Waals surface area contributed by atoms with Crippen LogP contribution < -0.4 is 14.8 Å². The Morgan fingerprint density at radius 2 is 2.11 bits per heavy atom. The molecule has 4 rings (SSSR count). The van der Waals surface area contributed by atoms with E-state index in [1.54, 1.807) is 7.11 Å². The number of fused-ring (bicyclic) bond motifs is 1. The average Bonchev–Trinajstić information content (AvgIpc) is 3.44. The number of rotatable bonds is 7. The van der Waals surface area contributed by atoms with Crippen LogP contribution in [0.1, 0.15) is 37.3 Å². The fourth-order valence-electron chi connectivity index (χ4n) is 3.39. The van der Waals surface area contributed by atoms with Gasteiger partial charge in [0.15, 0.2) is 17.3 Å². The van der Waals surface area contributed by atoms with Gasteiger partial charge < -0.3 is 19.5 Å². The van der Waals surface area contributed by atoms with Crippen molar-refractivity contribution in [3.8, 4) is 11.5 Å². The monoisotopic (exact) mass is 372 g/mol. The molecule has 1 aliphatic carbocycles. The van der Waals surface area contributed by atoms with Gasteiger partial charge in [-0.05, 0) is 31.9 Å². The summed E-state index contributed by atoms with van der Waals surface area (Å²) in [5.41, 5.74) is -0.848. The minimum atomic E-state index is -0.848. The number of para-hydroxylation sites is 2. The lowest BCUT2D eigenvalue weighted by Gasteiger charge is -2.35. The van der Waals surface area contributed by atoms with Crippen LogP contribution in [0, 0.1) is 0 Å². The Morgan fingerprint density at radius 1 is 1.33 bits per heavy atom. The SMILES string of the molecule is COc1ccccc1OCCNC(=O)C1(C)COCc2nnc(C3CC3)n21. The van der Waals surface area contributed by atoms with Crippen LogP contribution in [0.4, 0.5) is 0 Å². The highest BCUT2D eigenvalue weighted by Crippen LogP contribution is 2.42. The Labute approximate surface area is 157 Å². The van der Waals surface area contributed by atoms with Crippen LogP contribution in [0.25, 0.3) is 0 Å². The van der Waals surface area contributed by atoms with E-state index in [-0.39, 0.29) is 5.91 Å². The van der Waals surface area contributed by atoms with E-state index in [9.17, 15) is 4.79 Å². The highest BCUT2D eigenvalue weighted by molar-refractivity contribution is 5.84. The molecule has 0 bridgehead atoms. The lowest BCUT2D eigenvalue weighted by molar-refractivity contribution is -0.135. The molecule has 1 atom stereocenters.